The molecule has 1 unspecified atom stereocenters. The average Bonchev–Trinajstić information content (AvgIpc) is 2.26. The number of hydrogen-bond donors (Lipinski definition) is 1. The first-order valence-electron chi connectivity index (χ1n) is 6.80. The Morgan fingerprint density at radius 3 is 1.70 bits per heavy atom. The lowest BCUT2D eigenvalue weighted by atomic mass is 10.1. The molecule has 0 saturated carbocycles. The van der Waals surface area contributed by atoms with Gasteiger partial charge in [-0.2, -0.15) is 0 Å². The number of benzene rings is 1. The van der Waals surface area contributed by atoms with Gasteiger partial charge in [-0.1, -0.05) is 71.9 Å². The van der Waals surface area contributed by atoms with E-state index in [9.17, 15) is 14.5 Å². The summed E-state index contributed by atoms with van der Waals surface area (Å²) in [4.78, 5) is 11.9. The van der Waals surface area contributed by atoms with Crippen LogP contribution in [0.15, 0.2) is 30.3 Å². The zero-order chi connectivity index (χ0) is 15.8. The smallest absolute Gasteiger partial charge is 0.318 e. The highest BCUT2D eigenvalue weighted by Crippen LogP contribution is 2.74. The number of hydrogen-bond acceptors (Lipinski definition) is 2. The quantitative estimate of drug-likeness (QED) is 0.817. The first-order valence-corrected chi connectivity index (χ1v) is 8.58. The molecular weight excluding hydrogens is 271 g/mol. The molecule has 0 aliphatic rings. The molecule has 0 aliphatic heterocycles. The Morgan fingerprint density at radius 2 is 1.40 bits per heavy atom. The maximum atomic E-state index is 13.8. The van der Waals surface area contributed by atoms with Gasteiger partial charge in [-0.25, -0.2) is 0 Å². The third-order valence-corrected chi connectivity index (χ3v) is 8.94. The van der Waals surface area contributed by atoms with Gasteiger partial charge in [0.2, 0.25) is 0 Å². The molecule has 0 amide bonds. The van der Waals surface area contributed by atoms with E-state index in [1.807, 2.05) is 47.6 Å². The van der Waals surface area contributed by atoms with E-state index in [1.54, 1.807) is 24.3 Å². The van der Waals surface area contributed by atoms with Crippen molar-refractivity contribution in [3.63, 3.8) is 0 Å². The van der Waals surface area contributed by atoms with E-state index in [1.165, 1.54) is 0 Å². The van der Waals surface area contributed by atoms with Gasteiger partial charge in [0.15, 0.2) is 0 Å². The molecule has 112 valence electrons. The molecule has 0 aliphatic carbocycles. The van der Waals surface area contributed by atoms with Gasteiger partial charge < -0.3 is 9.67 Å². The zero-order valence-corrected chi connectivity index (χ0v) is 14.1. The molecule has 1 aromatic carbocycles. The first kappa shape index (κ1) is 17.0. The molecule has 20 heavy (non-hydrogen) atoms. The van der Waals surface area contributed by atoms with E-state index in [-0.39, 0.29) is 0 Å². The Bertz CT molecular complexity index is 503. The normalized spacial score (nSPS) is 14.9. The Balaban J connectivity index is 3.60. The summed E-state index contributed by atoms with van der Waals surface area (Å²) in [5.74, 6) is -1.01. The van der Waals surface area contributed by atoms with Crippen LogP contribution < -0.4 is 0 Å². The highest BCUT2D eigenvalue weighted by Gasteiger charge is 2.54. The third-order valence-electron chi connectivity index (χ3n) is 3.71. The summed E-state index contributed by atoms with van der Waals surface area (Å²) >= 11 is 0. The second kappa shape index (κ2) is 5.37. The molecule has 4 heteroatoms. The van der Waals surface area contributed by atoms with Crippen molar-refractivity contribution in [1.29, 1.82) is 0 Å². The number of carbonyl (C=O) groups is 1. The maximum Gasteiger partial charge on any atom is 0.318 e. The molecule has 0 bridgehead atoms. The fourth-order valence-corrected chi connectivity index (χ4v) is 7.39. The summed E-state index contributed by atoms with van der Waals surface area (Å²) in [6.45, 7) is 11.2. The molecule has 1 atom stereocenters. The Hall–Kier alpha value is -1.08. The van der Waals surface area contributed by atoms with Gasteiger partial charge in [-0.05, 0) is 5.56 Å². The van der Waals surface area contributed by atoms with Crippen LogP contribution in [-0.4, -0.2) is 21.4 Å². The molecule has 0 fully saturated rings. The molecule has 1 N–H and O–H groups in total. The van der Waals surface area contributed by atoms with Crippen molar-refractivity contribution in [1.82, 2.24) is 0 Å². The lowest BCUT2D eigenvalue weighted by Gasteiger charge is -2.44. The summed E-state index contributed by atoms with van der Waals surface area (Å²) in [6.07, 6.45) is 0. The van der Waals surface area contributed by atoms with E-state index in [0.29, 0.717) is 5.56 Å². The fraction of sp³-hybridized carbons (Fsp3) is 0.562. The summed E-state index contributed by atoms with van der Waals surface area (Å²) in [6, 6.07) is 8.93. The molecule has 0 radical (unpaired) electrons. The first-order chi connectivity index (χ1) is 8.93. The van der Waals surface area contributed by atoms with Gasteiger partial charge >= 0.3 is 5.97 Å². The standard InChI is InChI=1S/C16H25O3P/c1-15(2,3)20(19,16(4,5)6)13(14(17)18)12-10-8-7-9-11-12/h7-11,13H,1-6H3,(H,17,18). The van der Waals surface area contributed by atoms with Crippen LogP contribution in [0, 0.1) is 0 Å². The predicted molar refractivity (Wildman–Crippen MR) is 83.9 cm³/mol. The van der Waals surface area contributed by atoms with Gasteiger partial charge in [-0.15, -0.1) is 0 Å². The van der Waals surface area contributed by atoms with E-state index in [4.69, 9.17) is 0 Å². The summed E-state index contributed by atoms with van der Waals surface area (Å²) < 4.78 is 13.8. The van der Waals surface area contributed by atoms with Crippen molar-refractivity contribution in [3.8, 4) is 0 Å². The van der Waals surface area contributed by atoms with Gasteiger partial charge in [0.25, 0.3) is 0 Å². The van der Waals surface area contributed by atoms with Gasteiger partial charge in [0.05, 0.1) is 0 Å². The maximum absolute atomic E-state index is 13.8. The summed E-state index contributed by atoms with van der Waals surface area (Å²) in [7, 11) is -3.07. The van der Waals surface area contributed by atoms with Crippen LogP contribution >= 0.6 is 7.14 Å². The number of rotatable bonds is 3. The second-order valence-electron chi connectivity index (χ2n) is 7.15. The predicted octanol–water partition coefficient (Wildman–Crippen LogP) is 4.77. The minimum atomic E-state index is -3.07. The molecule has 3 nitrogen and oxygen atoms in total. The van der Waals surface area contributed by atoms with Crippen LogP contribution in [0.25, 0.3) is 0 Å². The molecule has 0 saturated heterocycles. The molecule has 1 rings (SSSR count). The number of aliphatic carboxylic acids is 1. The van der Waals surface area contributed by atoms with E-state index < -0.39 is 29.1 Å². The highest BCUT2D eigenvalue weighted by molar-refractivity contribution is 7.68. The van der Waals surface area contributed by atoms with Crippen LogP contribution in [0.5, 0.6) is 0 Å². The van der Waals surface area contributed by atoms with E-state index in [0.717, 1.165) is 0 Å². The number of carboxylic acids is 1. The van der Waals surface area contributed by atoms with Crippen molar-refractivity contribution < 1.29 is 14.5 Å². The Labute approximate surface area is 121 Å². The van der Waals surface area contributed by atoms with Crippen molar-refractivity contribution >= 4 is 13.1 Å². The molecule has 1 aromatic rings. The highest BCUT2D eigenvalue weighted by atomic mass is 31.2. The SMILES string of the molecule is CC(C)(C)P(=O)(C(C(=O)O)c1ccccc1)C(C)(C)C. The molecule has 0 spiro atoms. The van der Waals surface area contributed by atoms with Crippen LogP contribution in [0.4, 0.5) is 0 Å². The van der Waals surface area contributed by atoms with Crippen LogP contribution in [0.3, 0.4) is 0 Å². The van der Waals surface area contributed by atoms with Crippen molar-refractivity contribution in [2.24, 2.45) is 0 Å². The minimum Gasteiger partial charge on any atom is -0.480 e. The van der Waals surface area contributed by atoms with E-state index >= 15 is 0 Å². The molecule has 0 heterocycles. The summed E-state index contributed by atoms with van der Waals surface area (Å²) in [5.41, 5.74) is -0.350. The largest absolute Gasteiger partial charge is 0.480 e. The lowest BCUT2D eigenvalue weighted by molar-refractivity contribution is -0.136. The topological polar surface area (TPSA) is 54.4 Å². The van der Waals surface area contributed by atoms with Gasteiger partial charge in [0, 0.05) is 10.3 Å². The monoisotopic (exact) mass is 296 g/mol. The molecule has 0 aromatic heterocycles. The number of carboxylic acid groups (broad SMARTS) is 1. The van der Waals surface area contributed by atoms with Crippen molar-refractivity contribution in [2.75, 3.05) is 0 Å². The lowest BCUT2D eigenvalue weighted by Crippen LogP contribution is -2.34. The van der Waals surface area contributed by atoms with Gasteiger partial charge in [-0.3, -0.25) is 4.79 Å². The molecular formula is C16H25O3P. The zero-order valence-electron chi connectivity index (χ0n) is 13.2. The average molecular weight is 296 g/mol. The minimum absolute atomic E-state index is 0.579. The van der Waals surface area contributed by atoms with Crippen LogP contribution in [0.2, 0.25) is 0 Å². The second-order valence-corrected chi connectivity index (χ2v) is 11.7. The Kier molecular flexibility index (Phi) is 4.55. The third kappa shape index (κ3) is 2.83. The van der Waals surface area contributed by atoms with Gasteiger partial charge in [0.1, 0.15) is 12.8 Å². The van der Waals surface area contributed by atoms with Crippen molar-refractivity contribution in [3.05, 3.63) is 35.9 Å². The van der Waals surface area contributed by atoms with Crippen LogP contribution in [-0.2, 0) is 9.36 Å². The van der Waals surface area contributed by atoms with Crippen LogP contribution in [0.1, 0.15) is 52.8 Å². The fourth-order valence-electron chi connectivity index (χ4n) is 2.92. The summed E-state index contributed by atoms with van der Waals surface area (Å²) in [5, 5.41) is 8.56. The van der Waals surface area contributed by atoms with Crippen molar-refractivity contribution in [2.45, 2.75) is 57.5 Å². The van der Waals surface area contributed by atoms with E-state index in [2.05, 4.69) is 0 Å². The Morgan fingerprint density at radius 1 is 1.00 bits per heavy atom.